The van der Waals surface area contributed by atoms with Gasteiger partial charge in [0.25, 0.3) is 0 Å². The molecule has 0 bridgehead atoms. The molecule has 1 unspecified atom stereocenters. The van der Waals surface area contributed by atoms with Crippen LogP contribution in [-0.2, 0) is 15.6 Å². The molecule has 0 aliphatic carbocycles. The summed E-state index contributed by atoms with van der Waals surface area (Å²) in [5.74, 6) is 0. The maximum absolute atomic E-state index is 14.2. The van der Waals surface area contributed by atoms with Crippen molar-refractivity contribution in [1.82, 2.24) is 9.21 Å². The lowest BCUT2D eigenvalue weighted by Crippen LogP contribution is -2.61. The average molecular weight is 623 g/mol. The molecule has 1 atom stereocenters. The minimum atomic E-state index is -3.64. The molecule has 0 saturated carbocycles. The average Bonchev–Trinajstić information content (AvgIpc) is 3.08. The van der Waals surface area contributed by atoms with Crippen molar-refractivity contribution in [3.05, 3.63) is 138 Å². The Labute approximate surface area is 272 Å². The van der Waals surface area contributed by atoms with E-state index in [0.29, 0.717) is 24.5 Å². The summed E-state index contributed by atoms with van der Waals surface area (Å²) in [5.41, 5.74) is 4.10. The van der Waals surface area contributed by atoms with Gasteiger partial charge in [-0.25, -0.2) is 8.42 Å². The first-order chi connectivity index (χ1) is 22.0. The van der Waals surface area contributed by atoms with Crippen molar-refractivity contribution in [3.63, 3.8) is 0 Å². The van der Waals surface area contributed by atoms with E-state index in [1.807, 2.05) is 23.4 Å². The van der Waals surface area contributed by atoms with Gasteiger partial charge in [0, 0.05) is 25.7 Å². The third-order valence-electron chi connectivity index (χ3n) is 9.50. The Morgan fingerprint density at radius 1 is 0.622 bits per heavy atom. The van der Waals surface area contributed by atoms with Crippen molar-refractivity contribution in [2.75, 3.05) is 19.6 Å². The fraction of sp³-hybridized carbons (Fsp3) is 0.400. The molecule has 238 valence electrons. The number of nitrogens with zero attached hydrogens (tertiary/aromatic N) is 2. The monoisotopic (exact) mass is 622 g/mol. The molecule has 1 fully saturated rings. The van der Waals surface area contributed by atoms with Gasteiger partial charge in [0.15, 0.2) is 0 Å². The molecular formula is C40H50N2O2S. The van der Waals surface area contributed by atoms with Crippen LogP contribution in [0.3, 0.4) is 0 Å². The molecule has 4 aromatic carbocycles. The van der Waals surface area contributed by atoms with Crippen molar-refractivity contribution >= 4 is 10.0 Å². The van der Waals surface area contributed by atoms with Crippen LogP contribution in [0.4, 0.5) is 0 Å². The third-order valence-corrected chi connectivity index (χ3v) is 11.5. The maximum Gasteiger partial charge on any atom is 0.243 e. The highest BCUT2D eigenvalue weighted by Crippen LogP contribution is 2.44. The van der Waals surface area contributed by atoms with Gasteiger partial charge in [-0.1, -0.05) is 167 Å². The highest BCUT2D eigenvalue weighted by molar-refractivity contribution is 7.89. The van der Waals surface area contributed by atoms with E-state index in [2.05, 4.69) is 103 Å². The summed E-state index contributed by atoms with van der Waals surface area (Å²) in [5, 5.41) is 0. The van der Waals surface area contributed by atoms with Crippen molar-refractivity contribution in [3.8, 4) is 0 Å². The van der Waals surface area contributed by atoms with E-state index in [-0.39, 0.29) is 6.04 Å². The van der Waals surface area contributed by atoms with Crippen LogP contribution in [0.2, 0.25) is 0 Å². The zero-order valence-electron chi connectivity index (χ0n) is 27.2. The molecule has 5 rings (SSSR count). The summed E-state index contributed by atoms with van der Waals surface area (Å²) < 4.78 is 30.3. The molecule has 1 aliphatic rings. The lowest BCUT2D eigenvalue weighted by Gasteiger charge is -2.51. The molecule has 0 radical (unpaired) electrons. The van der Waals surface area contributed by atoms with Gasteiger partial charge in [0.05, 0.1) is 10.4 Å². The summed E-state index contributed by atoms with van der Waals surface area (Å²) in [6.45, 7) is 5.98. The van der Waals surface area contributed by atoms with E-state index >= 15 is 0 Å². The number of rotatable bonds is 15. The number of sulfonamides is 1. The van der Waals surface area contributed by atoms with E-state index in [4.69, 9.17) is 0 Å². The molecule has 4 nitrogen and oxygen atoms in total. The topological polar surface area (TPSA) is 40.6 Å². The van der Waals surface area contributed by atoms with Gasteiger partial charge in [-0.2, -0.15) is 4.31 Å². The van der Waals surface area contributed by atoms with Crippen LogP contribution in [0, 0.1) is 6.92 Å². The number of piperazine rings is 1. The smallest absolute Gasteiger partial charge is 0.243 e. The Kier molecular flexibility index (Phi) is 11.7. The van der Waals surface area contributed by atoms with Gasteiger partial charge in [0.2, 0.25) is 10.0 Å². The second-order valence-electron chi connectivity index (χ2n) is 12.6. The van der Waals surface area contributed by atoms with Crippen molar-refractivity contribution in [2.24, 2.45) is 0 Å². The number of hydrogen-bond acceptors (Lipinski definition) is 3. The van der Waals surface area contributed by atoms with Crippen LogP contribution in [-0.4, -0.2) is 43.3 Å². The fourth-order valence-corrected chi connectivity index (χ4v) is 8.78. The van der Waals surface area contributed by atoms with Gasteiger partial charge in [0.1, 0.15) is 0 Å². The maximum atomic E-state index is 14.2. The molecule has 45 heavy (non-hydrogen) atoms. The Morgan fingerprint density at radius 2 is 1.09 bits per heavy atom. The molecule has 5 heteroatoms. The normalized spacial score (nSPS) is 16.5. The van der Waals surface area contributed by atoms with E-state index in [1.165, 1.54) is 55.2 Å². The Bertz CT molecular complexity index is 1440. The van der Waals surface area contributed by atoms with Crippen LogP contribution in [0.1, 0.15) is 87.0 Å². The minimum absolute atomic E-state index is 0.124. The van der Waals surface area contributed by atoms with Gasteiger partial charge >= 0.3 is 0 Å². The van der Waals surface area contributed by atoms with Crippen LogP contribution in [0.15, 0.2) is 120 Å². The summed E-state index contributed by atoms with van der Waals surface area (Å²) >= 11 is 0. The van der Waals surface area contributed by atoms with Crippen molar-refractivity contribution in [2.45, 2.75) is 88.1 Å². The Hall–Kier alpha value is -3.25. The van der Waals surface area contributed by atoms with Crippen LogP contribution in [0.25, 0.3) is 0 Å². The largest absolute Gasteiger partial charge is 0.283 e. The SMILES string of the molecule is CCCCCCCCCCC1CN(C(c2ccccc2)(c2ccccc2)c2ccccc2)CCN1S(=O)(=O)c1ccc(C)cc1. The van der Waals surface area contributed by atoms with Crippen LogP contribution in [0.5, 0.6) is 0 Å². The minimum Gasteiger partial charge on any atom is -0.283 e. The third kappa shape index (κ3) is 7.60. The van der Waals surface area contributed by atoms with Crippen molar-refractivity contribution in [1.29, 1.82) is 0 Å². The molecular weight excluding hydrogens is 573 g/mol. The Morgan fingerprint density at radius 3 is 1.58 bits per heavy atom. The zero-order valence-corrected chi connectivity index (χ0v) is 28.0. The van der Waals surface area contributed by atoms with E-state index < -0.39 is 15.6 Å². The summed E-state index contributed by atoms with van der Waals surface area (Å²) in [4.78, 5) is 2.95. The molecule has 1 heterocycles. The first-order valence-corrected chi connectivity index (χ1v) is 18.4. The summed E-state index contributed by atoms with van der Waals surface area (Å²) in [7, 11) is -3.64. The first-order valence-electron chi connectivity index (χ1n) is 17.0. The van der Waals surface area contributed by atoms with E-state index in [1.54, 1.807) is 12.1 Å². The Balaban J connectivity index is 1.50. The number of benzene rings is 4. The van der Waals surface area contributed by atoms with Crippen molar-refractivity contribution < 1.29 is 8.42 Å². The molecule has 1 aliphatic heterocycles. The van der Waals surface area contributed by atoms with Gasteiger partial charge < -0.3 is 0 Å². The molecule has 0 spiro atoms. The van der Waals surface area contributed by atoms with Crippen LogP contribution >= 0.6 is 0 Å². The standard InChI is InChI=1S/C40H50N2O2S/c1-3-4-5-6-7-8-9-19-26-38-33-41(31-32-42(38)45(43,44)39-29-27-34(2)28-30-39)40(35-20-13-10-14-21-35,36-22-15-11-16-23-36)37-24-17-12-18-25-37/h10-18,20-25,27-30,38H,3-9,19,26,31-33H2,1-2H3. The van der Waals surface area contributed by atoms with Crippen LogP contribution < -0.4 is 0 Å². The number of unbranched alkanes of at least 4 members (excludes halogenated alkanes) is 7. The predicted molar refractivity (Wildman–Crippen MR) is 187 cm³/mol. The molecule has 1 saturated heterocycles. The second kappa shape index (κ2) is 15.8. The van der Waals surface area contributed by atoms with Gasteiger partial charge in [-0.15, -0.1) is 0 Å². The first kappa shape index (κ1) is 33.1. The van der Waals surface area contributed by atoms with Gasteiger partial charge in [-0.05, 0) is 42.2 Å². The van der Waals surface area contributed by atoms with E-state index in [9.17, 15) is 8.42 Å². The highest BCUT2D eigenvalue weighted by atomic mass is 32.2. The zero-order chi connectivity index (χ0) is 31.5. The molecule has 0 amide bonds. The summed E-state index contributed by atoms with van der Waals surface area (Å²) in [6.07, 6.45) is 10.7. The molecule has 4 aromatic rings. The highest BCUT2D eigenvalue weighted by Gasteiger charge is 2.47. The lowest BCUT2D eigenvalue weighted by atomic mass is 9.75. The lowest BCUT2D eigenvalue weighted by molar-refractivity contribution is 0.0664. The number of hydrogen-bond donors (Lipinski definition) is 0. The molecule has 0 N–H and O–H groups in total. The molecule has 0 aromatic heterocycles. The fourth-order valence-electron chi connectivity index (χ4n) is 7.14. The number of aryl methyl sites for hydroxylation is 1. The predicted octanol–water partition coefficient (Wildman–Crippen LogP) is 9.19. The van der Waals surface area contributed by atoms with Gasteiger partial charge in [-0.3, -0.25) is 4.90 Å². The summed E-state index contributed by atoms with van der Waals surface area (Å²) in [6, 6.07) is 39.5. The quantitative estimate of drug-likeness (QED) is 0.0980. The second-order valence-corrected chi connectivity index (χ2v) is 14.5. The van der Waals surface area contributed by atoms with E-state index in [0.717, 1.165) is 24.8 Å².